The van der Waals surface area contributed by atoms with E-state index < -0.39 is 16.7 Å². The average Bonchev–Trinajstić information content (AvgIpc) is 3.63. The molecule has 9 aromatic rings. The van der Waals surface area contributed by atoms with Gasteiger partial charge in [0.15, 0.2) is 12.4 Å². The van der Waals surface area contributed by atoms with Crippen molar-refractivity contribution in [1.29, 1.82) is 0 Å². The molecule has 2 N–H and O–H groups in total. The van der Waals surface area contributed by atoms with E-state index in [9.17, 15) is 9.90 Å². The van der Waals surface area contributed by atoms with Gasteiger partial charge in [0.1, 0.15) is 18.3 Å². The van der Waals surface area contributed by atoms with E-state index >= 15 is 0 Å². The number of carbonyl (C=O) groups is 1. The van der Waals surface area contributed by atoms with Gasteiger partial charge in [-0.2, -0.15) is 0 Å². The second kappa shape index (κ2) is 21.7. The van der Waals surface area contributed by atoms with Crippen LogP contribution < -0.4 is 15.0 Å². The highest BCUT2D eigenvalue weighted by atomic mass is 16.3. The van der Waals surface area contributed by atoms with Gasteiger partial charge in [-0.15, -0.1) is 0 Å². The second-order valence-corrected chi connectivity index (χ2v) is 25.6. The summed E-state index contributed by atoms with van der Waals surface area (Å²) in [5, 5.41) is 15.8. The number of primary amides is 1. The number of nitrogens with two attached hydrogens (primary N) is 1. The Kier molecular flexibility index (Phi) is 15.3. The van der Waals surface area contributed by atoms with Crippen LogP contribution in [0.4, 0.5) is 11.4 Å². The zero-order chi connectivity index (χ0) is 56.5. The van der Waals surface area contributed by atoms with Crippen LogP contribution in [0.2, 0.25) is 0 Å². The molecule has 0 fully saturated rings. The van der Waals surface area contributed by atoms with Gasteiger partial charge in [-0.25, -0.2) is 14.7 Å². The van der Waals surface area contributed by atoms with E-state index in [2.05, 4.69) is 270 Å². The van der Waals surface area contributed by atoms with Crippen molar-refractivity contribution >= 4 is 23.2 Å². The fourth-order valence-corrected chi connectivity index (χ4v) is 11.3. The molecular formula is C74H78N3O2+. The summed E-state index contributed by atoms with van der Waals surface area (Å²) in [4.78, 5) is 18.9. The maximum atomic E-state index is 14.3. The Hall–Kier alpha value is -7.99. The van der Waals surface area contributed by atoms with Crippen molar-refractivity contribution in [3.05, 3.63) is 303 Å². The van der Waals surface area contributed by atoms with E-state index in [4.69, 9.17) is 0 Å². The van der Waals surface area contributed by atoms with Gasteiger partial charge < -0.3 is 5.11 Å². The molecule has 1 aromatic heterocycles. The lowest BCUT2D eigenvalue weighted by Crippen LogP contribution is -2.82. The standard InChI is InChI=1S/C74H77N3O2/c1-69(2,3)53-24-32-59(33-25-53)73(57-20-16-14-17-21-57,60-34-26-54(27-35-60)70(4,5)6)63-40-44-65(45-41-63)75-67(78)51-48-52(50-77(13)49-51)68(79)76-66-46-42-64(43-47-66)74(58-22-18-15-19-23-58,61-36-28-55(29-37-61)71(7,8)9)62-38-30-56(31-39-62)72(10,11)12/h14-50H,1-13H3,(H-,75,76,78,79)/p+1. The number of hydrogen-bond donors (Lipinski definition) is 1. The van der Waals surface area contributed by atoms with E-state index in [0.717, 1.165) is 50.2 Å². The van der Waals surface area contributed by atoms with Crippen molar-refractivity contribution < 1.29 is 19.8 Å². The van der Waals surface area contributed by atoms with Crippen LogP contribution >= 0.6 is 0 Å². The van der Waals surface area contributed by atoms with Crippen LogP contribution in [0.25, 0.3) is 0 Å². The third-order valence-electron chi connectivity index (χ3n) is 15.8. The second-order valence-electron chi connectivity index (χ2n) is 25.6. The minimum Gasteiger partial charge on any atom is -0.858 e. The maximum absolute atomic E-state index is 14.3. The molecule has 1 heterocycles. The fraction of sp³-hybridized carbons (Fsp3) is 0.257. The molecule has 0 aliphatic heterocycles. The molecule has 0 atom stereocenters. The molecule has 0 aliphatic carbocycles. The number of aliphatic imine (C=N–C) groups is 1. The average molecular weight is 1040 g/mol. The van der Waals surface area contributed by atoms with Gasteiger partial charge >= 0.3 is 5.91 Å². The van der Waals surface area contributed by atoms with Gasteiger partial charge in [-0.1, -0.05) is 265 Å². The highest BCUT2D eigenvalue weighted by Crippen LogP contribution is 2.48. The lowest BCUT2D eigenvalue weighted by molar-refractivity contribution is -0.672. The Morgan fingerprint density at radius 3 is 0.949 bits per heavy atom. The summed E-state index contributed by atoms with van der Waals surface area (Å²) in [6.07, 6.45) is 3.48. The van der Waals surface area contributed by atoms with Gasteiger partial charge in [0, 0.05) is 5.90 Å². The summed E-state index contributed by atoms with van der Waals surface area (Å²) in [6, 6.07) is 75.7. The third-order valence-corrected chi connectivity index (χ3v) is 15.8. The Labute approximate surface area is 470 Å². The molecule has 0 bridgehead atoms. The monoisotopic (exact) mass is 1040 g/mol. The molecule has 0 saturated carbocycles. The molecule has 1 amide bonds. The van der Waals surface area contributed by atoms with Crippen molar-refractivity contribution in [2.75, 3.05) is 0 Å². The van der Waals surface area contributed by atoms with Gasteiger partial charge in [0.05, 0.1) is 22.1 Å². The SMILES string of the molecule is C[n+]1cc(C(=O)[NH2+]c2ccc(C(c3ccccc3)(c3ccc(C(C)(C)C)cc3)c3ccc(C(C)(C)C)cc3)cc2)cc(C([O-])=Nc2ccc(C(c3ccccc3)(c3ccc(C(C)(C)C)cc3)c3ccc(C(C)(C)C)cc3)cc2)c1. The van der Waals surface area contributed by atoms with Crippen molar-refractivity contribution in [1.82, 2.24) is 0 Å². The molecular weight excluding hydrogens is 963 g/mol. The molecule has 0 radical (unpaired) electrons. The molecule has 0 aliphatic rings. The summed E-state index contributed by atoms with van der Waals surface area (Å²) in [5.74, 6) is -0.647. The van der Waals surface area contributed by atoms with E-state index in [1.54, 1.807) is 28.3 Å². The quantitative estimate of drug-likeness (QED) is 0.0435. The van der Waals surface area contributed by atoms with Crippen LogP contribution in [-0.4, -0.2) is 11.8 Å². The van der Waals surface area contributed by atoms with Crippen molar-refractivity contribution in [3.8, 4) is 0 Å². The van der Waals surface area contributed by atoms with Crippen LogP contribution in [0.3, 0.4) is 0 Å². The first-order valence-electron chi connectivity index (χ1n) is 27.8. The Bertz CT molecular complexity index is 3450. The number of benzene rings is 8. The number of aryl methyl sites for hydroxylation is 1. The molecule has 5 heteroatoms. The fourth-order valence-electron chi connectivity index (χ4n) is 11.3. The van der Waals surface area contributed by atoms with Gasteiger partial charge in [0.25, 0.3) is 0 Å². The van der Waals surface area contributed by atoms with Crippen molar-refractivity contribution in [2.45, 2.75) is 116 Å². The van der Waals surface area contributed by atoms with Gasteiger partial charge in [0.2, 0.25) is 0 Å². The number of quaternary nitrogens is 1. The minimum absolute atomic E-state index is 0.00404. The minimum atomic E-state index is -0.683. The smallest absolute Gasteiger partial charge is 0.353 e. The first-order chi connectivity index (χ1) is 37.4. The Balaban J connectivity index is 1.04. The Morgan fingerprint density at radius 2 is 0.633 bits per heavy atom. The highest BCUT2D eigenvalue weighted by Gasteiger charge is 2.41. The maximum Gasteiger partial charge on any atom is 0.353 e. The number of aromatic nitrogens is 1. The number of rotatable bonds is 12. The number of pyridine rings is 1. The molecule has 0 unspecified atom stereocenters. The van der Waals surface area contributed by atoms with E-state index in [1.165, 1.54) is 22.3 Å². The normalized spacial score (nSPS) is 12.8. The summed E-state index contributed by atoms with van der Waals surface area (Å²) >= 11 is 0. The largest absolute Gasteiger partial charge is 0.858 e. The molecule has 0 spiro atoms. The zero-order valence-corrected chi connectivity index (χ0v) is 48.7. The highest BCUT2D eigenvalue weighted by molar-refractivity contribution is 5.95. The van der Waals surface area contributed by atoms with Crippen molar-refractivity contribution in [3.63, 3.8) is 0 Å². The molecule has 8 aromatic carbocycles. The number of hydrogen-bond acceptors (Lipinski definition) is 3. The van der Waals surface area contributed by atoms with Crippen LogP contribution in [0.5, 0.6) is 0 Å². The van der Waals surface area contributed by atoms with E-state index in [-0.39, 0.29) is 27.6 Å². The Morgan fingerprint density at radius 1 is 0.367 bits per heavy atom. The molecule has 400 valence electrons. The summed E-state index contributed by atoms with van der Waals surface area (Å²) in [6.45, 7) is 26.9. The summed E-state index contributed by atoms with van der Waals surface area (Å²) in [5.41, 5.74) is 14.7. The molecule has 79 heavy (non-hydrogen) atoms. The van der Waals surface area contributed by atoms with Crippen LogP contribution in [0.15, 0.2) is 230 Å². The molecule has 0 saturated heterocycles. The van der Waals surface area contributed by atoms with Gasteiger partial charge in [-0.05, 0) is 119 Å². The number of nitrogens with zero attached hydrogens (tertiary/aromatic N) is 2. The lowest BCUT2D eigenvalue weighted by atomic mass is 9.64. The molecule has 9 rings (SSSR count). The zero-order valence-electron chi connectivity index (χ0n) is 48.7. The first-order valence-corrected chi connectivity index (χ1v) is 27.8. The summed E-state index contributed by atoms with van der Waals surface area (Å²) < 4.78 is 1.75. The number of carbonyl (C=O) groups excluding carboxylic acids is 1. The first kappa shape index (κ1) is 55.8. The van der Waals surface area contributed by atoms with Gasteiger partial charge in [-0.3, -0.25) is 4.99 Å². The van der Waals surface area contributed by atoms with Crippen molar-refractivity contribution in [2.24, 2.45) is 12.0 Å². The van der Waals surface area contributed by atoms with E-state index in [0.29, 0.717) is 16.8 Å². The predicted molar refractivity (Wildman–Crippen MR) is 324 cm³/mol. The third kappa shape index (κ3) is 11.5. The van der Waals surface area contributed by atoms with Crippen LogP contribution in [-0.2, 0) is 39.5 Å². The van der Waals surface area contributed by atoms with Crippen LogP contribution in [0, 0.1) is 0 Å². The summed E-state index contributed by atoms with van der Waals surface area (Å²) in [7, 11) is 1.83. The topological polar surface area (TPSA) is 73.0 Å². The van der Waals surface area contributed by atoms with E-state index in [1.807, 2.05) is 31.3 Å². The number of amides is 1. The lowest BCUT2D eigenvalue weighted by Gasteiger charge is -2.37. The molecule has 5 nitrogen and oxygen atoms in total. The van der Waals surface area contributed by atoms with Crippen LogP contribution in [0.1, 0.15) is 166 Å². The predicted octanol–water partition coefficient (Wildman–Crippen LogP) is 14.9.